The number of rotatable bonds is 8. The molecule has 0 heterocycles. The van der Waals surface area contributed by atoms with Crippen molar-refractivity contribution in [1.82, 2.24) is 0 Å². The molecule has 0 bridgehead atoms. The van der Waals surface area contributed by atoms with Crippen molar-refractivity contribution in [2.45, 2.75) is 32.6 Å². The van der Waals surface area contributed by atoms with Gasteiger partial charge in [0.2, 0.25) is 0 Å². The van der Waals surface area contributed by atoms with Crippen molar-refractivity contribution < 1.29 is 19.4 Å². The van der Waals surface area contributed by atoms with Gasteiger partial charge in [-0.1, -0.05) is 53.9 Å². The summed E-state index contributed by atoms with van der Waals surface area (Å²) in [6.07, 6.45) is 1.12. The number of hydrogen-bond donors (Lipinski definition) is 1. The number of benzene rings is 2. The van der Waals surface area contributed by atoms with Gasteiger partial charge in [0.1, 0.15) is 5.75 Å². The maximum atomic E-state index is 12.4. The lowest BCUT2D eigenvalue weighted by Crippen LogP contribution is -2.17. The molecule has 0 spiro atoms. The van der Waals surface area contributed by atoms with Gasteiger partial charge in [0.25, 0.3) is 0 Å². The Morgan fingerprint density at radius 3 is 2.33 bits per heavy atom. The molecule has 1 N–H and O–H groups in total. The number of carbonyl (C=O) groups is 1. The third-order valence-corrected chi connectivity index (χ3v) is 5.03. The monoisotopic (exact) mass is 430 g/mol. The molecule has 2 aromatic carbocycles. The summed E-state index contributed by atoms with van der Waals surface area (Å²) < 4.78 is 10.9. The Labute approximate surface area is 174 Å². The fraction of sp³-hybridized carbons (Fsp3) is 0.350. The highest BCUT2D eigenvalue weighted by molar-refractivity contribution is 6.37. The SMILES string of the molecule is CCC(C(=O)OCCCOc1c(Cl)cc(O)cc1Cl)c1ccc(Cl)c(C)c1. The number of phenols is 1. The number of halogens is 3. The highest BCUT2D eigenvalue weighted by atomic mass is 35.5. The van der Waals surface area contributed by atoms with E-state index in [1.165, 1.54) is 12.1 Å². The number of carbonyl (C=O) groups excluding carboxylic acids is 1. The number of aromatic hydroxyl groups is 1. The van der Waals surface area contributed by atoms with E-state index in [0.29, 0.717) is 23.6 Å². The van der Waals surface area contributed by atoms with Crippen molar-refractivity contribution in [3.63, 3.8) is 0 Å². The second kappa shape index (κ2) is 10.1. The van der Waals surface area contributed by atoms with Crippen LogP contribution in [0.15, 0.2) is 30.3 Å². The Bertz CT molecular complexity index is 785. The van der Waals surface area contributed by atoms with Crippen LogP contribution in [0.25, 0.3) is 0 Å². The average molecular weight is 432 g/mol. The molecule has 0 aromatic heterocycles. The van der Waals surface area contributed by atoms with E-state index in [-0.39, 0.29) is 40.9 Å². The van der Waals surface area contributed by atoms with E-state index < -0.39 is 0 Å². The van der Waals surface area contributed by atoms with Crippen molar-refractivity contribution in [2.75, 3.05) is 13.2 Å². The van der Waals surface area contributed by atoms with Gasteiger partial charge in [0.15, 0.2) is 5.75 Å². The third-order valence-electron chi connectivity index (χ3n) is 4.04. The number of ether oxygens (including phenoxy) is 2. The van der Waals surface area contributed by atoms with Gasteiger partial charge in [-0.3, -0.25) is 4.79 Å². The van der Waals surface area contributed by atoms with Gasteiger partial charge < -0.3 is 14.6 Å². The van der Waals surface area contributed by atoms with Crippen molar-refractivity contribution in [3.8, 4) is 11.5 Å². The first-order valence-electron chi connectivity index (χ1n) is 8.57. The van der Waals surface area contributed by atoms with Crippen LogP contribution >= 0.6 is 34.8 Å². The standard InChI is InChI=1S/C20H21Cl3O4/c1-3-15(13-5-6-16(21)12(2)9-13)20(25)27-8-4-7-26-19-17(22)10-14(24)11-18(19)23/h5-6,9-11,15,24H,3-4,7-8H2,1-2H3. The number of aryl methyl sites for hydroxylation is 1. The molecule has 2 aromatic rings. The van der Waals surface area contributed by atoms with Crippen LogP contribution in [-0.4, -0.2) is 24.3 Å². The second-order valence-electron chi connectivity index (χ2n) is 6.08. The van der Waals surface area contributed by atoms with E-state index in [0.717, 1.165) is 11.1 Å². The quantitative estimate of drug-likeness (QED) is 0.401. The minimum absolute atomic E-state index is 0.0330. The van der Waals surface area contributed by atoms with Crippen LogP contribution < -0.4 is 4.74 Å². The van der Waals surface area contributed by atoms with Crippen LogP contribution in [0.4, 0.5) is 0 Å². The predicted molar refractivity (Wildman–Crippen MR) is 108 cm³/mol. The van der Waals surface area contributed by atoms with Crippen LogP contribution in [0.1, 0.15) is 36.8 Å². The summed E-state index contributed by atoms with van der Waals surface area (Å²) in [5.74, 6) is -0.345. The average Bonchev–Trinajstić information content (AvgIpc) is 2.60. The first kappa shape index (κ1) is 21.7. The maximum Gasteiger partial charge on any atom is 0.313 e. The molecule has 0 aliphatic rings. The Morgan fingerprint density at radius 1 is 1.07 bits per heavy atom. The molecule has 0 saturated carbocycles. The summed E-state index contributed by atoms with van der Waals surface area (Å²) in [6.45, 7) is 4.33. The smallest absolute Gasteiger partial charge is 0.313 e. The number of esters is 1. The van der Waals surface area contributed by atoms with Crippen LogP contribution in [0.5, 0.6) is 11.5 Å². The molecule has 1 unspecified atom stereocenters. The van der Waals surface area contributed by atoms with E-state index in [9.17, 15) is 9.90 Å². The van der Waals surface area contributed by atoms with Crippen LogP contribution in [0.3, 0.4) is 0 Å². The van der Waals surface area contributed by atoms with Crippen molar-refractivity contribution in [1.29, 1.82) is 0 Å². The van der Waals surface area contributed by atoms with E-state index in [1.54, 1.807) is 6.07 Å². The molecule has 0 aliphatic carbocycles. The molecular weight excluding hydrogens is 411 g/mol. The molecule has 4 nitrogen and oxygen atoms in total. The molecule has 27 heavy (non-hydrogen) atoms. The molecule has 0 fully saturated rings. The molecule has 0 radical (unpaired) electrons. The second-order valence-corrected chi connectivity index (χ2v) is 7.30. The highest BCUT2D eigenvalue weighted by Crippen LogP contribution is 2.36. The zero-order valence-electron chi connectivity index (χ0n) is 15.1. The van der Waals surface area contributed by atoms with E-state index in [2.05, 4.69) is 0 Å². The van der Waals surface area contributed by atoms with Crippen molar-refractivity contribution in [3.05, 3.63) is 56.5 Å². The fourth-order valence-corrected chi connectivity index (χ4v) is 3.32. The molecule has 1 atom stereocenters. The first-order valence-corrected chi connectivity index (χ1v) is 9.70. The maximum absolute atomic E-state index is 12.4. The zero-order chi connectivity index (χ0) is 20.0. The minimum atomic E-state index is -0.331. The lowest BCUT2D eigenvalue weighted by atomic mass is 9.95. The van der Waals surface area contributed by atoms with Gasteiger partial charge in [-0.15, -0.1) is 0 Å². The van der Waals surface area contributed by atoms with Crippen LogP contribution in [-0.2, 0) is 9.53 Å². The Balaban J connectivity index is 1.84. The minimum Gasteiger partial charge on any atom is -0.508 e. The molecule has 146 valence electrons. The van der Waals surface area contributed by atoms with E-state index in [1.807, 2.05) is 26.0 Å². The third kappa shape index (κ3) is 5.93. The molecule has 0 aliphatic heterocycles. The van der Waals surface area contributed by atoms with Gasteiger partial charge >= 0.3 is 5.97 Å². The first-order chi connectivity index (χ1) is 12.8. The van der Waals surface area contributed by atoms with Crippen molar-refractivity contribution in [2.24, 2.45) is 0 Å². The lowest BCUT2D eigenvalue weighted by molar-refractivity contribution is -0.145. The summed E-state index contributed by atoms with van der Waals surface area (Å²) in [6, 6.07) is 8.25. The van der Waals surface area contributed by atoms with E-state index >= 15 is 0 Å². The summed E-state index contributed by atoms with van der Waals surface area (Å²) in [5, 5.41) is 10.5. The summed E-state index contributed by atoms with van der Waals surface area (Å²) in [4.78, 5) is 12.4. The van der Waals surface area contributed by atoms with Gasteiger partial charge in [-0.05, 0) is 30.5 Å². The topological polar surface area (TPSA) is 55.8 Å². The Morgan fingerprint density at radius 2 is 1.74 bits per heavy atom. The van der Waals surface area contributed by atoms with Crippen LogP contribution in [0.2, 0.25) is 15.1 Å². The lowest BCUT2D eigenvalue weighted by Gasteiger charge is -2.16. The van der Waals surface area contributed by atoms with E-state index in [4.69, 9.17) is 44.3 Å². The molecule has 2 rings (SSSR count). The van der Waals surface area contributed by atoms with Gasteiger partial charge in [0, 0.05) is 23.6 Å². The van der Waals surface area contributed by atoms with Gasteiger partial charge in [-0.2, -0.15) is 0 Å². The highest BCUT2D eigenvalue weighted by Gasteiger charge is 2.20. The van der Waals surface area contributed by atoms with Gasteiger partial charge in [-0.25, -0.2) is 0 Å². The summed E-state index contributed by atoms with van der Waals surface area (Å²) in [5.41, 5.74) is 1.82. The fourth-order valence-electron chi connectivity index (χ4n) is 2.61. The number of phenolic OH excluding ortho intramolecular Hbond substituents is 1. The number of hydrogen-bond acceptors (Lipinski definition) is 4. The zero-order valence-corrected chi connectivity index (χ0v) is 17.4. The summed E-state index contributed by atoms with van der Waals surface area (Å²) in [7, 11) is 0. The van der Waals surface area contributed by atoms with Gasteiger partial charge in [0.05, 0.1) is 29.2 Å². The normalized spacial score (nSPS) is 11.9. The Kier molecular flexibility index (Phi) is 8.08. The largest absolute Gasteiger partial charge is 0.508 e. The molecular formula is C20H21Cl3O4. The predicted octanol–water partition coefficient (Wildman–Crippen LogP) is 6.17. The molecule has 0 amide bonds. The van der Waals surface area contributed by atoms with Crippen molar-refractivity contribution >= 4 is 40.8 Å². The van der Waals surface area contributed by atoms with Crippen LogP contribution in [0, 0.1) is 6.92 Å². The molecule has 0 saturated heterocycles. The summed E-state index contributed by atoms with van der Waals surface area (Å²) >= 11 is 18.0. The Hall–Kier alpha value is -1.62. The molecule has 7 heteroatoms.